The molecule has 6 heteroatoms. The average molecular weight is 260 g/mol. The summed E-state index contributed by atoms with van der Waals surface area (Å²) in [6.07, 6.45) is 0.325. The molecule has 2 N–H and O–H groups in total. The molecule has 18 heavy (non-hydrogen) atoms. The summed E-state index contributed by atoms with van der Waals surface area (Å²) in [6, 6.07) is 0. The van der Waals surface area contributed by atoms with Crippen molar-refractivity contribution in [1.29, 1.82) is 0 Å². The van der Waals surface area contributed by atoms with Crippen molar-refractivity contribution in [3.63, 3.8) is 0 Å². The molecule has 3 fully saturated rings. The van der Waals surface area contributed by atoms with Crippen LogP contribution in [0.5, 0.6) is 0 Å². The van der Waals surface area contributed by atoms with E-state index in [0.717, 1.165) is 65.8 Å². The van der Waals surface area contributed by atoms with Gasteiger partial charge >= 0.3 is 0 Å². The molecule has 0 aromatic carbocycles. The Kier molecular flexibility index (Phi) is 4.45. The van der Waals surface area contributed by atoms with E-state index in [1.807, 2.05) is 0 Å². The Hall–Kier alpha value is -0.240. The van der Waals surface area contributed by atoms with Crippen molar-refractivity contribution < 1.29 is 28.7 Å². The van der Waals surface area contributed by atoms with Crippen molar-refractivity contribution in [3.05, 3.63) is 0 Å². The van der Waals surface area contributed by atoms with E-state index >= 15 is 0 Å². The molecule has 3 rings (SSSR count). The highest BCUT2D eigenvalue weighted by atomic mass is 16.6. The highest BCUT2D eigenvalue weighted by Crippen LogP contribution is 2.01. The fraction of sp³-hybridized carbons (Fsp3) is 1.00. The van der Waals surface area contributed by atoms with Crippen LogP contribution in [0.1, 0.15) is 0 Å². The number of nitrogens with one attached hydrogen (secondary N) is 2. The summed E-state index contributed by atoms with van der Waals surface area (Å²) in [5.41, 5.74) is 0. The van der Waals surface area contributed by atoms with Crippen LogP contribution in [0.2, 0.25) is 0 Å². The fourth-order valence-electron chi connectivity index (χ4n) is 3.03. The third-order valence-electron chi connectivity index (χ3n) is 4.03. The first-order valence-electron chi connectivity index (χ1n) is 7.03. The van der Waals surface area contributed by atoms with Crippen molar-refractivity contribution in [2.75, 3.05) is 65.8 Å². The standard InChI is InChI=1S/C12H22N2O4/c1-5-15-6-2-13(1)11-12(18-10-9-17-11)14-3-7-16-8-4-14/h11-12H,1-10H2/p+2/t11-,12-/m0/s1. The summed E-state index contributed by atoms with van der Waals surface area (Å²) in [4.78, 5) is 2.95. The molecule has 3 heterocycles. The number of rotatable bonds is 2. The second kappa shape index (κ2) is 6.27. The van der Waals surface area contributed by atoms with E-state index in [4.69, 9.17) is 18.9 Å². The highest BCUT2D eigenvalue weighted by Gasteiger charge is 2.43. The highest BCUT2D eigenvalue weighted by molar-refractivity contribution is 4.58. The maximum atomic E-state index is 6.00. The molecule has 0 aromatic heterocycles. The maximum absolute atomic E-state index is 6.00. The van der Waals surface area contributed by atoms with Gasteiger partial charge in [0.05, 0.1) is 39.6 Å². The lowest BCUT2D eigenvalue weighted by Gasteiger charge is -2.41. The van der Waals surface area contributed by atoms with Crippen LogP contribution in [0, 0.1) is 0 Å². The Morgan fingerprint density at radius 1 is 0.556 bits per heavy atom. The third-order valence-corrected chi connectivity index (χ3v) is 4.03. The van der Waals surface area contributed by atoms with E-state index < -0.39 is 0 Å². The molecule has 0 saturated carbocycles. The molecular weight excluding hydrogens is 236 g/mol. The minimum atomic E-state index is 0.163. The minimum absolute atomic E-state index is 0.163. The summed E-state index contributed by atoms with van der Waals surface area (Å²) in [5, 5.41) is 0. The number of quaternary nitrogens is 2. The average Bonchev–Trinajstić information content (AvgIpc) is 2.49. The van der Waals surface area contributed by atoms with Gasteiger partial charge in [0.25, 0.3) is 12.5 Å². The lowest BCUT2D eigenvalue weighted by Crippen LogP contribution is -3.28. The van der Waals surface area contributed by atoms with Gasteiger partial charge in [-0.1, -0.05) is 0 Å². The zero-order chi connectivity index (χ0) is 12.2. The Bertz CT molecular complexity index is 228. The number of hydrogen-bond donors (Lipinski definition) is 2. The van der Waals surface area contributed by atoms with Crippen molar-refractivity contribution >= 4 is 0 Å². The Balaban J connectivity index is 1.64. The normalized spacial score (nSPS) is 36.7. The zero-order valence-corrected chi connectivity index (χ0v) is 10.9. The van der Waals surface area contributed by atoms with Crippen molar-refractivity contribution in [2.45, 2.75) is 12.5 Å². The Labute approximate surface area is 108 Å². The Morgan fingerprint density at radius 3 is 1.33 bits per heavy atom. The lowest BCUT2D eigenvalue weighted by atomic mass is 10.2. The predicted octanol–water partition coefficient (Wildman–Crippen LogP) is -3.48. The molecule has 0 bridgehead atoms. The molecule has 0 amide bonds. The van der Waals surface area contributed by atoms with E-state index in [2.05, 4.69) is 0 Å². The molecule has 3 saturated heterocycles. The molecular formula is C12H24N2O4+2. The monoisotopic (exact) mass is 260 g/mol. The van der Waals surface area contributed by atoms with Crippen LogP contribution in [0.25, 0.3) is 0 Å². The van der Waals surface area contributed by atoms with Gasteiger partial charge in [0, 0.05) is 0 Å². The van der Waals surface area contributed by atoms with Crippen LogP contribution in [-0.4, -0.2) is 78.3 Å². The van der Waals surface area contributed by atoms with E-state index in [1.165, 1.54) is 9.80 Å². The van der Waals surface area contributed by atoms with Crippen LogP contribution in [0.3, 0.4) is 0 Å². The molecule has 0 unspecified atom stereocenters. The summed E-state index contributed by atoms with van der Waals surface area (Å²) < 4.78 is 22.9. The fourth-order valence-corrected chi connectivity index (χ4v) is 3.03. The first kappa shape index (κ1) is 12.8. The van der Waals surface area contributed by atoms with Crippen LogP contribution in [0.4, 0.5) is 0 Å². The maximum Gasteiger partial charge on any atom is 0.272 e. The van der Waals surface area contributed by atoms with Crippen molar-refractivity contribution in [3.8, 4) is 0 Å². The first-order chi connectivity index (χ1) is 8.95. The van der Waals surface area contributed by atoms with Crippen LogP contribution < -0.4 is 9.80 Å². The summed E-state index contributed by atoms with van der Waals surface area (Å²) in [7, 11) is 0. The van der Waals surface area contributed by atoms with Crippen molar-refractivity contribution in [1.82, 2.24) is 0 Å². The van der Waals surface area contributed by atoms with Crippen LogP contribution >= 0.6 is 0 Å². The molecule has 0 radical (unpaired) electrons. The molecule has 6 nitrogen and oxygen atoms in total. The molecule has 104 valence electrons. The molecule has 0 aliphatic carbocycles. The predicted molar refractivity (Wildman–Crippen MR) is 62.5 cm³/mol. The zero-order valence-electron chi connectivity index (χ0n) is 10.9. The molecule has 2 atom stereocenters. The van der Waals surface area contributed by atoms with E-state index in [-0.39, 0.29) is 12.5 Å². The van der Waals surface area contributed by atoms with Gasteiger partial charge in [-0.3, -0.25) is 9.80 Å². The SMILES string of the molecule is C1C[NH+]([C@H]2OCCO[C@@H]2[NH+]2CCOCC2)CCO1. The van der Waals surface area contributed by atoms with Gasteiger partial charge in [-0.05, 0) is 0 Å². The lowest BCUT2D eigenvalue weighted by molar-refractivity contribution is -1.04. The molecule has 0 aromatic rings. The third kappa shape index (κ3) is 2.84. The number of morpholine rings is 2. The first-order valence-corrected chi connectivity index (χ1v) is 7.03. The molecule has 3 aliphatic rings. The quantitative estimate of drug-likeness (QED) is 0.541. The number of ether oxygens (including phenoxy) is 4. The summed E-state index contributed by atoms with van der Waals surface area (Å²) >= 11 is 0. The van der Waals surface area contributed by atoms with Gasteiger partial charge in [-0.15, -0.1) is 0 Å². The Morgan fingerprint density at radius 2 is 0.944 bits per heavy atom. The second-order valence-electron chi connectivity index (χ2n) is 5.12. The van der Waals surface area contributed by atoms with Gasteiger partial charge in [0.15, 0.2) is 0 Å². The summed E-state index contributed by atoms with van der Waals surface area (Å²) in [5.74, 6) is 0. The topological polar surface area (TPSA) is 45.8 Å². The number of hydrogen-bond acceptors (Lipinski definition) is 4. The van der Waals surface area contributed by atoms with Gasteiger partial charge in [-0.2, -0.15) is 0 Å². The minimum Gasteiger partial charge on any atom is -0.370 e. The van der Waals surface area contributed by atoms with Crippen LogP contribution in [0.15, 0.2) is 0 Å². The molecule has 3 aliphatic heterocycles. The molecule has 0 spiro atoms. The van der Waals surface area contributed by atoms with Gasteiger partial charge in [0.1, 0.15) is 26.2 Å². The van der Waals surface area contributed by atoms with Gasteiger partial charge in [0.2, 0.25) is 0 Å². The largest absolute Gasteiger partial charge is 0.370 e. The summed E-state index contributed by atoms with van der Waals surface area (Å²) in [6.45, 7) is 8.86. The van der Waals surface area contributed by atoms with E-state index in [0.29, 0.717) is 0 Å². The second-order valence-corrected chi connectivity index (χ2v) is 5.12. The van der Waals surface area contributed by atoms with Gasteiger partial charge < -0.3 is 18.9 Å². The van der Waals surface area contributed by atoms with E-state index in [9.17, 15) is 0 Å². The van der Waals surface area contributed by atoms with Crippen LogP contribution in [-0.2, 0) is 18.9 Å². The van der Waals surface area contributed by atoms with Crippen molar-refractivity contribution in [2.24, 2.45) is 0 Å². The smallest absolute Gasteiger partial charge is 0.272 e. The van der Waals surface area contributed by atoms with Gasteiger partial charge in [-0.25, -0.2) is 0 Å². The van der Waals surface area contributed by atoms with E-state index in [1.54, 1.807) is 0 Å².